The highest BCUT2D eigenvalue weighted by molar-refractivity contribution is 7.16. The van der Waals surface area contributed by atoms with Crippen molar-refractivity contribution in [1.82, 2.24) is 4.90 Å². The number of aryl methyl sites for hydroxylation is 2. The molecule has 2 aromatic carbocycles. The van der Waals surface area contributed by atoms with Crippen LogP contribution in [0.25, 0.3) is 0 Å². The standard InChI is InChI=1S/C24H23N3OS/c1-16-8-9-19(12-17(16)2)23(28)26-24-21(13-25)20-10-11-27(15-22(20)29-24)14-18-6-4-3-5-7-18/h3-9,12H,10-11,14-15H2,1-2H3,(H,26,28). The van der Waals surface area contributed by atoms with Crippen LogP contribution in [0.3, 0.4) is 0 Å². The zero-order valence-electron chi connectivity index (χ0n) is 16.7. The minimum absolute atomic E-state index is 0.163. The molecule has 5 heteroatoms. The molecule has 1 aromatic heterocycles. The number of carbonyl (C=O) groups is 1. The number of amides is 1. The van der Waals surface area contributed by atoms with Gasteiger partial charge in [-0.2, -0.15) is 5.26 Å². The van der Waals surface area contributed by atoms with Gasteiger partial charge in [-0.05, 0) is 54.7 Å². The number of fused-ring (bicyclic) bond motifs is 1. The lowest BCUT2D eigenvalue weighted by Gasteiger charge is -2.26. The summed E-state index contributed by atoms with van der Waals surface area (Å²) in [5.74, 6) is -0.163. The summed E-state index contributed by atoms with van der Waals surface area (Å²) in [5.41, 5.74) is 5.87. The third-order valence-electron chi connectivity index (χ3n) is 5.49. The smallest absolute Gasteiger partial charge is 0.256 e. The molecule has 4 rings (SSSR count). The van der Waals surface area contributed by atoms with E-state index in [1.165, 1.54) is 21.8 Å². The van der Waals surface area contributed by atoms with Crippen LogP contribution in [-0.4, -0.2) is 17.4 Å². The Balaban J connectivity index is 1.53. The summed E-state index contributed by atoms with van der Waals surface area (Å²) >= 11 is 1.54. The molecule has 2 heterocycles. The predicted molar refractivity (Wildman–Crippen MR) is 117 cm³/mol. The summed E-state index contributed by atoms with van der Waals surface area (Å²) in [4.78, 5) is 16.3. The Labute approximate surface area is 175 Å². The van der Waals surface area contributed by atoms with Crippen LogP contribution in [0.1, 0.15) is 43.1 Å². The van der Waals surface area contributed by atoms with E-state index in [0.29, 0.717) is 16.1 Å². The van der Waals surface area contributed by atoms with Crippen LogP contribution in [-0.2, 0) is 19.5 Å². The third kappa shape index (κ3) is 4.09. The van der Waals surface area contributed by atoms with Crippen LogP contribution in [0.4, 0.5) is 5.00 Å². The van der Waals surface area contributed by atoms with Crippen molar-refractivity contribution in [3.8, 4) is 6.07 Å². The number of nitrogens with one attached hydrogen (secondary N) is 1. The van der Waals surface area contributed by atoms with Gasteiger partial charge in [-0.25, -0.2) is 0 Å². The first-order chi connectivity index (χ1) is 14.0. The van der Waals surface area contributed by atoms with Gasteiger partial charge in [0, 0.05) is 30.1 Å². The SMILES string of the molecule is Cc1ccc(C(=O)Nc2sc3c(c2C#N)CCN(Cc2ccccc2)C3)cc1C. The Morgan fingerprint density at radius 2 is 1.97 bits per heavy atom. The van der Waals surface area contributed by atoms with Gasteiger partial charge in [-0.3, -0.25) is 9.69 Å². The number of hydrogen-bond donors (Lipinski definition) is 1. The lowest BCUT2D eigenvalue weighted by atomic mass is 10.0. The van der Waals surface area contributed by atoms with E-state index in [0.717, 1.165) is 42.7 Å². The van der Waals surface area contributed by atoms with Gasteiger partial charge in [0.25, 0.3) is 5.91 Å². The van der Waals surface area contributed by atoms with Gasteiger partial charge in [-0.1, -0.05) is 36.4 Å². The molecule has 4 nitrogen and oxygen atoms in total. The summed E-state index contributed by atoms with van der Waals surface area (Å²) in [6.07, 6.45) is 0.834. The first kappa shape index (κ1) is 19.4. The maximum absolute atomic E-state index is 12.7. The van der Waals surface area contributed by atoms with E-state index >= 15 is 0 Å². The van der Waals surface area contributed by atoms with Crippen LogP contribution in [0.15, 0.2) is 48.5 Å². The van der Waals surface area contributed by atoms with Gasteiger partial charge in [-0.15, -0.1) is 11.3 Å². The van der Waals surface area contributed by atoms with E-state index in [1.807, 2.05) is 38.1 Å². The van der Waals surface area contributed by atoms with E-state index in [9.17, 15) is 10.1 Å². The summed E-state index contributed by atoms with van der Waals surface area (Å²) in [6, 6.07) is 18.4. The Bertz CT molecular complexity index is 1100. The van der Waals surface area contributed by atoms with E-state index < -0.39 is 0 Å². The van der Waals surface area contributed by atoms with Crippen LogP contribution in [0, 0.1) is 25.2 Å². The van der Waals surface area contributed by atoms with Gasteiger partial charge < -0.3 is 5.32 Å². The molecule has 0 saturated heterocycles. The molecule has 1 N–H and O–H groups in total. The van der Waals surface area contributed by atoms with Gasteiger partial charge in [0.1, 0.15) is 11.1 Å². The molecule has 1 aliphatic heterocycles. The minimum atomic E-state index is -0.163. The fourth-order valence-corrected chi connectivity index (χ4v) is 4.93. The van der Waals surface area contributed by atoms with E-state index in [1.54, 1.807) is 0 Å². The topological polar surface area (TPSA) is 56.1 Å². The van der Waals surface area contributed by atoms with Crippen LogP contribution >= 0.6 is 11.3 Å². The molecule has 1 aliphatic rings. The number of carbonyl (C=O) groups excluding carboxylic acids is 1. The number of rotatable bonds is 4. The van der Waals surface area contributed by atoms with E-state index in [4.69, 9.17) is 0 Å². The fourth-order valence-electron chi connectivity index (χ4n) is 3.70. The van der Waals surface area contributed by atoms with Crippen LogP contribution in [0.2, 0.25) is 0 Å². The molecule has 0 atom stereocenters. The van der Waals surface area contributed by atoms with Crippen molar-refractivity contribution in [2.75, 3.05) is 11.9 Å². The number of nitrogens with zero attached hydrogens (tertiary/aromatic N) is 2. The second-order valence-electron chi connectivity index (χ2n) is 7.52. The summed E-state index contributed by atoms with van der Waals surface area (Å²) < 4.78 is 0. The number of thiophene rings is 1. The monoisotopic (exact) mass is 401 g/mol. The molecule has 3 aromatic rings. The van der Waals surface area contributed by atoms with Crippen LogP contribution in [0.5, 0.6) is 0 Å². The molecule has 0 radical (unpaired) electrons. The zero-order chi connectivity index (χ0) is 20.4. The second kappa shape index (κ2) is 8.20. The Kier molecular flexibility index (Phi) is 5.48. The quantitative estimate of drug-likeness (QED) is 0.666. The molecule has 0 saturated carbocycles. The predicted octanol–water partition coefficient (Wildman–Crippen LogP) is 5.05. The normalized spacial score (nSPS) is 13.6. The van der Waals surface area contributed by atoms with Crippen molar-refractivity contribution < 1.29 is 4.79 Å². The highest BCUT2D eigenvalue weighted by Crippen LogP contribution is 2.37. The molecule has 0 fully saturated rings. The first-order valence-electron chi connectivity index (χ1n) is 9.74. The van der Waals surface area contributed by atoms with Crippen molar-refractivity contribution >= 4 is 22.2 Å². The lowest BCUT2D eigenvalue weighted by molar-refractivity contribution is 0.102. The molecule has 1 amide bonds. The fraction of sp³-hybridized carbons (Fsp3) is 0.250. The number of anilines is 1. The van der Waals surface area contributed by atoms with E-state index in [2.05, 4.69) is 40.6 Å². The van der Waals surface area contributed by atoms with Crippen molar-refractivity contribution in [3.05, 3.63) is 86.8 Å². The highest BCUT2D eigenvalue weighted by Gasteiger charge is 2.25. The molecule has 146 valence electrons. The van der Waals surface area contributed by atoms with E-state index in [-0.39, 0.29) is 5.91 Å². The Hall–Kier alpha value is -2.94. The average molecular weight is 402 g/mol. The van der Waals surface area contributed by atoms with Gasteiger partial charge in [0.05, 0.1) is 5.56 Å². The van der Waals surface area contributed by atoms with Gasteiger partial charge >= 0.3 is 0 Å². The molecule has 0 bridgehead atoms. The number of nitriles is 1. The van der Waals surface area contributed by atoms with Crippen molar-refractivity contribution in [2.45, 2.75) is 33.4 Å². The summed E-state index contributed by atoms with van der Waals surface area (Å²) in [6.45, 7) is 6.64. The third-order valence-corrected chi connectivity index (χ3v) is 6.63. The minimum Gasteiger partial charge on any atom is -0.312 e. The number of hydrogen-bond acceptors (Lipinski definition) is 4. The molecule has 0 spiro atoms. The maximum Gasteiger partial charge on any atom is 0.256 e. The second-order valence-corrected chi connectivity index (χ2v) is 8.62. The van der Waals surface area contributed by atoms with Crippen molar-refractivity contribution in [3.63, 3.8) is 0 Å². The van der Waals surface area contributed by atoms with Crippen molar-refractivity contribution in [2.24, 2.45) is 0 Å². The number of benzene rings is 2. The Morgan fingerprint density at radius 3 is 2.69 bits per heavy atom. The molecule has 0 unspecified atom stereocenters. The zero-order valence-corrected chi connectivity index (χ0v) is 17.5. The van der Waals surface area contributed by atoms with Gasteiger partial charge in [0.2, 0.25) is 0 Å². The summed E-state index contributed by atoms with van der Waals surface area (Å²) in [7, 11) is 0. The maximum atomic E-state index is 12.7. The lowest BCUT2D eigenvalue weighted by Crippen LogP contribution is -2.29. The highest BCUT2D eigenvalue weighted by atomic mass is 32.1. The largest absolute Gasteiger partial charge is 0.312 e. The Morgan fingerprint density at radius 1 is 1.17 bits per heavy atom. The molecule has 29 heavy (non-hydrogen) atoms. The molecular weight excluding hydrogens is 378 g/mol. The first-order valence-corrected chi connectivity index (χ1v) is 10.6. The molecule has 0 aliphatic carbocycles. The van der Waals surface area contributed by atoms with Crippen molar-refractivity contribution in [1.29, 1.82) is 5.26 Å². The summed E-state index contributed by atoms with van der Waals surface area (Å²) in [5, 5.41) is 13.4. The molecular formula is C24H23N3OS. The average Bonchev–Trinajstić information content (AvgIpc) is 3.06. The van der Waals surface area contributed by atoms with Gasteiger partial charge in [0.15, 0.2) is 0 Å². The van der Waals surface area contributed by atoms with Crippen LogP contribution < -0.4 is 5.32 Å².